The van der Waals surface area contributed by atoms with Crippen LogP contribution in [0.4, 0.5) is 0 Å². The second-order valence-corrected chi connectivity index (χ2v) is 6.52. The van der Waals surface area contributed by atoms with Crippen molar-refractivity contribution in [1.29, 1.82) is 0 Å². The van der Waals surface area contributed by atoms with E-state index in [0.717, 1.165) is 39.0 Å². The van der Waals surface area contributed by atoms with Crippen molar-refractivity contribution in [3.63, 3.8) is 0 Å². The minimum Gasteiger partial charge on any atom is -0.274 e. The van der Waals surface area contributed by atoms with Crippen molar-refractivity contribution < 1.29 is 0 Å². The SMILES string of the molecule is Clc1ccccc1C=c1nc(-c2ccccc2)n2c1nc1ccccc12. The summed E-state index contributed by atoms with van der Waals surface area (Å²) < 4.78 is 2.12. The zero-order chi connectivity index (χ0) is 17.5. The molecule has 0 amide bonds. The number of halogens is 1. The van der Waals surface area contributed by atoms with Crippen LogP contribution in [0.2, 0.25) is 5.02 Å². The van der Waals surface area contributed by atoms with Crippen LogP contribution in [0.25, 0.3) is 34.1 Å². The van der Waals surface area contributed by atoms with E-state index in [0.29, 0.717) is 5.02 Å². The van der Waals surface area contributed by atoms with Crippen molar-refractivity contribution >= 4 is 34.4 Å². The van der Waals surface area contributed by atoms with E-state index in [9.17, 15) is 0 Å². The van der Waals surface area contributed by atoms with Gasteiger partial charge in [0.05, 0.1) is 11.0 Å². The molecular formula is C22H14ClN3. The minimum atomic E-state index is 0.700. The number of para-hydroxylation sites is 2. The standard InChI is InChI=1S/C22H14ClN3/c23-17-11-5-4-10-16(17)14-19-22-24-18-12-6-7-13-20(18)26(22)21(25-19)15-8-2-1-3-9-15/h1-14H. The highest BCUT2D eigenvalue weighted by Crippen LogP contribution is 2.23. The number of aromatic nitrogens is 3. The van der Waals surface area contributed by atoms with Crippen molar-refractivity contribution in [3.05, 3.63) is 94.8 Å². The topological polar surface area (TPSA) is 30.2 Å². The predicted molar refractivity (Wildman–Crippen MR) is 106 cm³/mol. The predicted octanol–water partition coefficient (Wildman–Crippen LogP) is 4.75. The van der Waals surface area contributed by atoms with Gasteiger partial charge >= 0.3 is 0 Å². The van der Waals surface area contributed by atoms with Gasteiger partial charge in [0.1, 0.15) is 11.2 Å². The Morgan fingerprint density at radius 2 is 1.50 bits per heavy atom. The van der Waals surface area contributed by atoms with Gasteiger partial charge in [0.25, 0.3) is 0 Å². The molecule has 2 heterocycles. The Morgan fingerprint density at radius 1 is 0.769 bits per heavy atom. The van der Waals surface area contributed by atoms with E-state index in [4.69, 9.17) is 21.6 Å². The Balaban J connectivity index is 1.90. The van der Waals surface area contributed by atoms with Crippen LogP contribution in [0.15, 0.2) is 78.9 Å². The fourth-order valence-corrected chi connectivity index (χ4v) is 3.43. The number of hydrogen-bond acceptors (Lipinski definition) is 2. The zero-order valence-corrected chi connectivity index (χ0v) is 14.6. The molecule has 26 heavy (non-hydrogen) atoms. The van der Waals surface area contributed by atoms with Gasteiger partial charge in [-0.25, -0.2) is 9.97 Å². The van der Waals surface area contributed by atoms with Crippen LogP contribution in [0, 0.1) is 0 Å². The molecule has 0 unspecified atom stereocenters. The molecule has 4 heteroatoms. The molecule has 3 aromatic carbocycles. The molecular weight excluding hydrogens is 342 g/mol. The third-order valence-corrected chi connectivity index (χ3v) is 4.80. The molecule has 0 aliphatic carbocycles. The number of hydrogen-bond donors (Lipinski definition) is 0. The third-order valence-electron chi connectivity index (χ3n) is 4.46. The summed E-state index contributed by atoms with van der Waals surface area (Å²) >= 11 is 6.34. The smallest absolute Gasteiger partial charge is 0.165 e. The first-order valence-corrected chi connectivity index (χ1v) is 8.77. The van der Waals surface area contributed by atoms with Crippen LogP contribution in [0.1, 0.15) is 5.56 Å². The highest BCUT2D eigenvalue weighted by atomic mass is 35.5. The third kappa shape index (κ3) is 2.37. The molecule has 2 aromatic heterocycles. The number of imidazole rings is 2. The summed E-state index contributed by atoms with van der Waals surface area (Å²) in [7, 11) is 0. The molecule has 3 nitrogen and oxygen atoms in total. The first kappa shape index (κ1) is 15.1. The Morgan fingerprint density at radius 3 is 2.35 bits per heavy atom. The second kappa shape index (κ2) is 5.97. The van der Waals surface area contributed by atoms with Gasteiger partial charge in [0, 0.05) is 10.6 Å². The van der Waals surface area contributed by atoms with Crippen LogP contribution >= 0.6 is 11.6 Å². The first-order chi connectivity index (χ1) is 12.8. The monoisotopic (exact) mass is 355 g/mol. The number of benzene rings is 3. The van der Waals surface area contributed by atoms with Gasteiger partial charge in [-0.15, -0.1) is 0 Å². The molecule has 0 N–H and O–H groups in total. The summed E-state index contributed by atoms with van der Waals surface area (Å²) in [4.78, 5) is 9.71. The minimum absolute atomic E-state index is 0.700. The lowest BCUT2D eigenvalue weighted by Crippen LogP contribution is -2.03. The number of rotatable bonds is 2. The lowest BCUT2D eigenvalue weighted by Gasteiger charge is -1.99. The molecule has 0 bridgehead atoms. The Labute approximate surface area is 155 Å². The molecule has 0 aliphatic rings. The zero-order valence-electron chi connectivity index (χ0n) is 13.8. The largest absolute Gasteiger partial charge is 0.274 e. The fourth-order valence-electron chi connectivity index (χ4n) is 3.24. The number of fused-ring (bicyclic) bond motifs is 3. The molecule has 0 spiro atoms. The maximum absolute atomic E-state index is 6.34. The van der Waals surface area contributed by atoms with Gasteiger partial charge in [-0.2, -0.15) is 0 Å². The summed E-state index contributed by atoms with van der Waals surface area (Å²) in [5.41, 5.74) is 4.83. The molecule has 0 radical (unpaired) electrons. The van der Waals surface area contributed by atoms with E-state index in [2.05, 4.69) is 22.6 Å². The van der Waals surface area contributed by atoms with Crippen molar-refractivity contribution in [2.45, 2.75) is 0 Å². The lowest BCUT2D eigenvalue weighted by molar-refractivity contribution is 1.22. The first-order valence-electron chi connectivity index (χ1n) is 8.40. The van der Waals surface area contributed by atoms with Crippen molar-refractivity contribution in [1.82, 2.24) is 14.4 Å². The summed E-state index contributed by atoms with van der Waals surface area (Å²) in [5, 5.41) is 1.51. The normalized spacial score (nSPS) is 12.3. The summed E-state index contributed by atoms with van der Waals surface area (Å²) in [6, 6.07) is 26.1. The van der Waals surface area contributed by atoms with E-state index in [-0.39, 0.29) is 0 Å². The van der Waals surface area contributed by atoms with E-state index in [1.807, 2.05) is 66.7 Å². The van der Waals surface area contributed by atoms with E-state index in [1.54, 1.807) is 0 Å². The highest BCUT2D eigenvalue weighted by molar-refractivity contribution is 6.32. The van der Waals surface area contributed by atoms with Crippen molar-refractivity contribution in [2.24, 2.45) is 0 Å². The summed E-state index contributed by atoms with van der Waals surface area (Å²) in [6.45, 7) is 0. The van der Waals surface area contributed by atoms with Crippen LogP contribution in [-0.4, -0.2) is 14.4 Å². The van der Waals surface area contributed by atoms with Crippen LogP contribution < -0.4 is 5.35 Å². The van der Waals surface area contributed by atoms with Crippen molar-refractivity contribution in [3.8, 4) is 11.4 Å². The highest BCUT2D eigenvalue weighted by Gasteiger charge is 2.14. The lowest BCUT2D eigenvalue weighted by atomic mass is 10.2. The summed E-state index contributed by atoms with van der Waals surface area (Å²) in [5.74, 6) is 0.882. The molecule has 0 atom stereocenters. The van der Waals surface area contributed by atoms with Crippen LogP contribution in [-0.2, 0) is 0 Å². The maximum Gasteiger partial charge on any atom is 0.165 e. The van der Waals surface area contributed by atoms with Crippen molar-refractivity contribution in [2.75, 3.05) is 0 Å². The van der Waals surface area contributed by atoms with E-state index in [1.165, 1.54) is 0 Å². The Hall–Kier alpha value is -3.17. The van der Waals surface area contributed by atoms with E-state index < -0.39 is 0 Å². The summed E-state index contributed by atoms with van der Waals surface area (Å²) in [6.07, 6.45) is 2.00. The van der Waals surface area contributed by atoms with Gasteiger partial charge in [0.15, 0.2) is 5.65 Å². The average molecular weight is 356 g/mol. The van der Waals surface area contributed by atoms with Gasteiger partial charge in [0.2, 0.25) is 0 Å². The van der Waals surface area contributed by atoms with Crippen LogP contribution in [0.5, 0.6) is 0 Å². The fraction of sp³-hybridized carbons (Fsp3) is 0. The average Bonchev–Trinajstić information content (AvgIpc) is 3.22. The molecule has 5 rings (SSSR count). The van der Waals surface area contributed by atoms with Gasteiger partial charge in [-0.3, -0.25) is 4.40 Å². The second-order valence-electron chi connectivity index (χ2n) is 6.11. The molecule has 0 saturated heterocycles. The molecule has 5 aromatic rings. The molecule has 0 saturated carbocycles. The Bertz CT molecular complexity index is 1290. The van der Waals surface area contributed by atoms with Gasteiger partial charge in [-0.1, -0.05) is 72.3 Å². The molecule has 0 fully saturated rings. The maximum atomic E-state index is 6.34. The molecule has 124 valence electrons. The molecule has 0 aliphatic heterocycles. The quantitative estimate of drug-likeness (QED) is 0.457. The van der Waals surface area contributed by atoms with E-state index >= 15 is 0 Å². The number of nitrogens with zero attached hydrogens (tertiary/aromatic N) is 3. The van der Waals surface area contributed by atoms with Gasteiger partial charge in [-0.05, 0) is 29.8 Å². The van der Waals surface area contributed by atoms with Crippen LogP contribution in [0.3, 0.4) is 0 Å². The Kier molecular flexibility index (Phi) is 3.47. The van der Waals surface area contributed by atoms with Gasteiger partial charge < -0.3 is 0 Å².